The Balaban J connectivity index is 1.79. The van der Waals surface area contributed by atoms with Crippen LogP contribution in [0.1, 0.15) is 11.1 Å². The van der Waals surface area contributed by atoms with Crippen LogP contribution in [0.2, 0.25) is 0 Å². The van der Waals surface area contributed by atoms with Gasteiger partial charge >= 0.3 is 6.18 Å². The fourth-order valence-electron chi connectivity index (χ4n) is 2.20. The quantitative estimate of drug-likeness (QED) is 0.504. The summed E-state index contributed by atoms with van der Waals surface area (Å²) in [5.41, 5.74) is -1.24. The Bertz CT molecular complexity index is 1130. The second-order valence-electron chi connectivity index (χ2n) is 5.68. The number of nitrogens with one attached hydrogen (secondary N) is 1. The standard InChI is InChI=1S/C18H13F3N4O3S/c19-18(20,21)13-5-4-6-14(9-13)24-16(26)12-10-22-17(23-11-12)25-29(27,28)15-7-2-1-3-8-15/h1-11H,(H,24,26)(H,22,23,25)/p-1. The van der Waals surface area contributed by atoms with Crippen molar-refractivity contribution >= 4 is 27.6 Å². The molecule has 1 N–H and O–H groups in total. The zero-order valence-corrected chi connectivity index (χ0v) is 15.3. The molecule has 3 aromatic rings. The Kier molecular flexibility index (Phi) is 5.50. The molecule has 0 radical (unpaired) electrons. The van der Waals surface area contributed by atoms with Crippen LogP contribution in [0.3, 0.4) is 0 Å². The summed E-state index contributed by atoms with van der Waals surface area (Å²) in [5.74, 6) is -1.15. The fourth-order valence-corrected chi connectivity index (χ4v) is 3.18. The summed E-state index contributed by atoms with van der Waals surface area (Å²) in [4.78, 5) is 11.1. The third-order valence-electron chi connectivity index (χ3n) is 3.58. The van der Waals surface area contributed by atoms with Crippen molar-refractivity contribution in [2.75, 3.05) is 4.72 Å². The van der Waals surface area contributed by atoms with Crippen LogP contribution < -0.4 is 9.83 Å². The number of anilines is 1. The smallest absolute Gasteiger partial charge is 0.416 e. The van der Waals surface area contributed by atoms with E-state index in [9.17, 15) is 26.7 Å². The number of hydrogen-bond acceptors (Lipinski definition) is 6. The minimum atomic E-state index is -4.56. The van der Waals surface area contributed by atoms with Crippen LogP contribution >= 0.6 is 0 Å². The second kappa shape index (κ2) is 7.87. The zero-order chi connectivity index (χ0) is 21.1. The molecule has 1 heterocycles. The Morgan fingerprint density at radius 3 is 2.28 bits per heavy atom. The van der Waals surface area contributed by atoms with Crippen LogP contribution in [0.15, 0.2) is 76.9 Å². The minimum absolute atomic E-state index is 0.00305. The normalized spacial score (nSPS) is 12.6. The van der Waals surface area contributed by atoms with E-state index in [1.54, 1.807) is 18.2 Å². The monoisotopic (exact) mass is 421 g/mol. The number of aromatic nitrogens is 2. The Morgan fingerprint density at radius 2 is 1.66 bits per heavy atom. The van der Waals surface area contributed by atoms with E-state index >= 15 is 0 Å². The highest BCUT2D eigenvalue weighted by molar-refractivity contribution is 7.92. The number of halogens is 3. The molecule has 11 heteroatoms. The van der Waals surface area contributed by atoms with Crippen molar-refractivity contribution < 1.29 is 26.7 Å². The van der Waals surface area contributed by atoms with Gasteiger partial charge in [-0.15, -0.1) is 0 Å². The highest BCUT2D eigenvalue weighted by Crippen LogP contribution is 2.31. The number of nitrogens with zero attached hydrogens (tertiary/aromatic N) is 3. The summed E-state index contributed by atoms with van der Waals surface area (Å²) in [6.45, 7) is 0. The van der Waals surface area contributed by atoms with Gasteiger partial charge in [-0.25, -0.2) is 23.1 Å². The maximum Gasteiger partial charge on any atom is 0.416 e. The lowest BCUT2D eigenvalue weighted by Gasteiger charge is -2.12. The van der Waals surface area contributed by atoms with Crippen LogP contribution in [0.4, 0.5) is 24.8 Å². The number of aliphatic imine (C=N–C) groups is 1. The molecule has 3 rings (SSSR count). The van der Waals surface area contributed by atoms with Crippen molar-refractivity contribution in [3.8, 4) is 0 Å². The van der Waals surface area contributed by atoms with E-state index in [4.69, 9.17) is 0 Å². The largest absolute Gasteiger partial charge is 0.858 e. The summed E-state index contributed by atoms with van der Waals surface area (Å²) >= 11 is 0. The molecule has 7 nitrogen and oxygen atoms in total. The van der Waals surface area contributed by atoms with Crippen LogP contribution in [-0.4, -0.2) is 24.3 Å². The van der Waals surface area contributed by atoms with Gasteiger partial charge in [0.2, 0.25) is 5.95 Å². The van der Waals surface area contributed by atoms with E-state index < -0.39 is 27.7 Å². The number of hydrogen-bond donors (Lipinski definition) is 1. The second-order valence-corrected chi connectivity index (χ2v) is 7.36. The molecule has 0 unspecified atom stereocenters. The lowest BCUT2D eigenvalue weighted by atomic mass is 10.2. The molecule has 0 aliphatic rings. The van der Waals surface area contributed by atoms with E-state index in [2.05, 4.69) is 19.7 Å². The average Bonchev–Trinajstić information content (AvgIpc) is 2.68. The summed E-state index contributed by atoms with van der Waals surface area (Å²) in [7, 11) is -3.90. The molecule has 0 saturated heterocycles. The molecule has 0 bridgehead atoms. The van der Waals surface area contributed by atoms with Gasteiger partial charge in [-0.05, 0) is 36.2 Å². The molecule has 0 aliphatic heterocycles. The number of alkyl halides is 3. The number of sulfonamides is 1. The van der Waals surface area contributed by atoms with Crippen molar-refractivity contribution in [2.45, 2.75) is 11.1 Å². The number of benzene rings is 2. The molecule has 1 aromatic heterocycles. The van der Waals surface area contributed by atoms with Gasteiger partial charge in [0.15, 0.2) is 0 Å². The molecule has 0 atom stereocenters. The summed E-state index contributed by atoms with van der Waals surface area (Å²) in [5, 5.41) is 12.1. The van der Waals surface area contributed by atoms with Gasteiger partial charge in [0.25, 0.3) is 10.0 Å². The fraction of sp³-hybridized carbons (Fsp3) is 0.0556. The van der Waals surface area contributed by atoms with E-state index in [0.717, 1.165) is 30.6 Å². The van der Waals surface area contributed by atoms with Gasteiger partial charge in [0.05, 0.1) is 16.1 Å². The highest BCUT2D eigenvalue weighted by atomic mass is 32.2. The third kappa shape index (κ3) is 5.08. The predicted molar refractivity (Wildman–Crippen MR) is 96.9 cm³/mol. The average molecular weight is 421 g/mol. The van der Waals surface area contributed by atoms with E-state index in [0.29, 0.717) is 0 Å². The molecular weight excluding hydrogens is 409 g/mol. The van der Waals surface area contributed by atoms with E-state index in [1.165, 1.54) is 18.2 Å². The zero-order valence-electron chi connectivity index (χ0n) is 14.5. The van der Waals surface area contributed by atoms with Crippen molar-refractivity contribution in [2.24, 2.45) is 4.99 Å². The van der Waals surface area contributed by atoms with Crippen molar-refractivity contribution in [1.82, 2.24) is 9.97 Å². The Hall–Kier alpha value is -3.47. The van der Waals surface area contributed by atoms with Crippen molar-refractivity contribution in [3.63, 3.8) is 0 Å². The van der Waals surface area contributed by atoms with Gasteiger partial charge in [0, 0.05) is 18.0 Å². The molecule has 29 heavy (non-hydrogen) atoms. The minimum Gasteiger partial charge on any atom is -0.858 e. The maximum atomic E-state index is 12.7. The summed E-state index contributed by atoms with van der Waals surface area (Å²) < 4.78 is 64.8. The van der Waals surface area contributed by atoms with E-state index in [-0.39, 0.29) is 22.1 Å². The predicted octanol–water partition coefficient (Wildman–Crippen LogP) is 2.73. The van der Waals surface area contributed by atoms with Gasteiger partial charge < -0.3 is 5.11 Å². The summed E-state index contributed by atoms with van der Waals surface area (Å²) in [6.07, 6.45) is -2.51. The lowest BCUT2D eigenvalue weighted by molar-refractivity contribution is -0.212. The lowest BCUT2D eigenvalue weighted by Crippen LogP contribution is -2.20. The molecule has 0 aliphatic carbocycles. The van der Waals surface area contributed by atoms with Gasteiger partial charge in [-0.1, -0.05) is 24.3 Å². The first-order valence-corrected chi connectivity index (χ1v) is 9.47. The SMILES string of the molecule is O=S(=O)(Nc1ncc(C([O-])=Nc2cccc(C(F)(F)F)c2)cn1)c1ccccc1. The van der Waals surface area contributed by atoms with E-state index in [1.807, 2.05) is 0 Å². The van der Waals surface area contributed by atoms with Crippen LogP contribution in [0.5, 0.6) is 0 Å². The molecule has 0 saturated carbocycles. The highest BCUT2D eigenvalue weighted by Gasteiger charge is 2.30. The van der Waals surface area contributed by atoms with Gasteiger partial charge in [-0.2, -0.15) is 13.2 Å². The third-order valence-corrected chi connectivity index (χ3v) is 4.93. The maximum absolute atomic E-state index is 12.7. The number of rotatable bonds is 5. The first-order chi connectivity index (χ1) is 13.6. The van der Waals surface area contributed by atoms with Crippen molar-refractivity contribution in [1.29, 1.82) is 0 Å². The first-order valence-electron chi connectivity index (χ1n) is 7.98. The van der Waals surface area contributed by atoms with Crippen molar-refractivity contribution in [3.05, 3.63) is 78.1 Å². The molecule has 150 valence electrons. The molecular formula is C18H12F3N4O3S-. The van der Waals surface area contributed by atoms with Crippen LogP contribution in [0, 0.1) is 0 Å². The molecule has 0 fully saturated rings. The summed E-state index contributed by atoms with van der Waals surface area (Å²) in [6, 6.07) is 11.5. The van der Waals surface area contributed by atoms with Gasteiger partial charge in [-0.3, -0.25) is 4.99 Å². The molecule has 0 spiro atoms. The van der Waals surface area contributed by atoms with Crippen LogP contribution in [-0.2, 0) is 16.2 Å². The Morgan fingerprint density at radius 1 is 1.00 bits per heavy atom. The Labute approximate surface area is 163 Å². The first kappa shape index (κ1) is 20.3. The topological polar surface area (TPSA) is 107 Å². The van der Waals surface area contributed by atoms with Crippen LogP contribution in [0.25, 0.3) is 0 Å². The molecule has 0 amide bonds. The molecule has 2 aromatic carbocycles. The van der Waals surface area contributed by atoms with Gasteiger partial charge in [0.1, 0.15) is 0 Å².